The lowest BCUT2D eigenvalue weighted by Gasteiger charge is -2.38. The van der Waals surface area contributed by atoms with Gasteiger partial charge in [0.2, 0.25) is 0 Å². The first-order valence-corrected chi connectivity index (χ1v) is 9.07. The zero-order valence-corrected chi connectivity index (χ0v) is 14.3. The Bertz CT molecular complexity index is 710. The molecule has 2 aliphatic heterocycles. The number of rotatable bonds is 2. The van der Waals surface area contributed by atoms with E-state index in [1.807, 2.05) is 17.0 Å². The summed E-state index contributed by atoms with van der Waals surface area (Å²) in [6.45, 7) is 3.79. The van der Waals surface area contributed by atoms with E-state index < -0.39 is 0 Å². The SMILES string of the molecule is O=C(c1cc(-c2ccc(Cl)s2)on1)N1CCC2(CCNC2)CC1. The van der Waals surface area contributed by atoms with Crippen molar-refractivity contribution in [3.63, 3.8) is 0 Å². The van der Waals surface area contributed by atoms with Crippen molar-refractivity contribution in [2.75, 3.05) is 26.2 Å². The standard InChI is InChI=1S/C16H18ClN3O2S/c17-14-2-1-13(23-14)12-9-11(19-22-12)15(21)20-7-4-16(5-8-20)3-6-18-10-16/h1-2,9,18H,3-8,10H2. The van der Waals surface area contributed by atoms with Gasteiger partial charge in [0.25, 0.3) is 5.91 Å². The summed E-state index contributed by atoms with van der Waals surface area (Å²) in [6, 6.07) is 5.40. The van der Waals surface area contributed by atoms with E-state index in [4.69, 9.17) is 16.1 Å². The van der Waals surface area contributed by atoms with E-state index in [-0.39, 0.29) is 5.91 Å². The zero-order chi connectivity index (χ0) is 15.9. The summed E-state index contributed by atoms with van der Waals surface area (Å²) in [5.74, 6) is 0.558. The Labute approximate surface area is 143 Å². The summed E-state index contributed by atoms with van der Waals surface area (Å²) in [7, 11) is 0. The molecule has 0 atom stereocenters. The molecule has 0 unspecified atom stereocenters. The van der Waals surface area contributed by atoms with Gasteiger partial charge in [-0.3, -0.25) is 4.79 Å². The van der Waals surface area contributed by atoms with Crippen LogP contribution >= 0.6 is 22.9 Å². The highest BCUT2D eigenvalue weighted by atomic mass is 35.5. The molecule has 2 aliphatic rings. The fourth-order valence-corrected chi connectivity index (χ4v) is 4.50. The van der Waals surface area contributed by atoms with Crippen LogP contribution in [0.1, 0.15) is 29.8 Å². The highest BCUT2D eigenvalue weighted by Crippen LogP contribution is 2.37. The molecule has 4 heterocycles. The van der Waals surface area contributed by atoms with E-state index in [1.54, 1.807) is 6.07 Å². The lowest BCUT2D eigenvalue weighted by atomic mass is 9.78. The molecule has 4 rings (SSSR count). The minimum Gasteiger partial charge on any atom is -0.355 e. The van der Waals surface area contributed by atoms with Gasteiger partial charge in [0.15, 0.2) is 11.5 Å². The van der Waals surface area contributed by atoms with Gasteiger partial charge >= 0.3 is 0 Å². The first-order valence-electron chi connectivity index (χ1n) is 7.88. The third-order valence-electron chi connectivity index (χ3n) is 4.99. The summed E-state index contributed by atoms with van der Waals surface area (Å²) in [6.07, 6.45) is 3.36. The number of thiophene rings is 1. The molecule has 0 bridgehead atoms. The van der Waals surface area contributed by atoms with Crippen molar-refractivity contribution in [3.05, 3.63) is 28.2 Å². The first kappa shape index (κ1) is 15.2. The number of aromatic nitrogens is 1. The number of carbonyl (C=O) groups is 1. The number of hydrogen-bond acceptors (Lipinski definition) is 5. The summed E-state index contributed by atoms with van der Waals surface area (Å²) in [4.78, 5) is 15.4. The quantitative estimate of drug-likeness (QED) is 0.902. The molecule has 23 heavy (non-hydrogen) atoms. The minimum absolute atomic E-state index is 0.0385. The van der Waals surface area contributed by atoms with Crippen LogP contribution in [0.15, 0.2) is 22.7 Å². The average molecular weight is 352 g/mol. The monoisotopic (exact) mass is 351 g/mol. The number of nitrogens with zero attached hydrogens (tertiary/aromatic N) is 2. The lowest BCUT2D eigenvalue weighted by molar-refractivity contribution is 0.0598. The third-order valence-corrected chi connectivity index (χ3v) is 6.23. The van der Waals surface area contributed by atoms with E-state index in [2.05, 4.69) is 10.5 Å². The largest absolute Gasteiger partial charge is 0.355 e. The second-order valence-electron chi connectivity index (χ2n) is 6.40. The predicted molar refractivity (Wildman–Crippen MR) is 89.9 cm³/mol. The molecule has 1 N–H and O–H groups in total. The Morgan fingerprint density at radius 1 is 1.35 bits per heavy atom. The van der Waals surface area contributed by atoms with Gasteiger partial charge < -0.3 is 14.7 Å². The minimum atomic E-state index is -0.0385. The highest BCUT2D eigenvalue weighted by Gasteiger charge is 2.38. The Kier molecular flexibility index (Phi) is 3.91. The van der Waals surface area contributed by atoms with Crippen LogP contribution in [-0.4, -0.2) is 42.1 Å². The predicted octanol–water partition coefficient (Wildman–Crippen LogP) is 3.27. The molecular weight excluding hydrogens is 334 g/mol. The molecule has 122 valence electrons. The summed E-state index contributed by atoms with van der Waals surface area (Å²) >= 11 is 7.35. The van der Waals surface area contributed by atoms with Crippen molar-refractivity contribution in [1.82, 2.24) is 15.4 Å². The molecule has 2 saturated heterocycles. The Balaban J connectivity index is 1.44. The van der Waals surface area contributed by atoms with Gasteiger partial charge in [-0.15, -0.1) is 11.3 Å². The maximum atomic E-state index is 12.6. The molecule has 2 aromatic rings. The Morgan fingerprint density at radius 3 is 2.83 bits per heavy atom. The number of carbonyl (C=O) groups excluding carboxylic acids is 1. The van der Waals surface area contributed by atoms with Gasteiger partial charge in [0.05, 0.1) is 9.21 Å². The molecule has 1 spiro atoms. The normalized spacial score (nSPS) is 20.3. The van der Waals surface area contributed by atoms with Crippen LogP contribution in [0.3, 0.4) is 0 Å². The number of likely N-dealkylation sites (tertiary alicyclic amines) is 1. The molecule has 0 radical (unpaired) electrons. The summed E-state index contributed by atoms with van der Waals surface area (Å²) < 4.78 is 6.00. The van der Waals surface area contributed by atoms with Gasteiger partial charge in [0.1, 0.15) is 0 Å². The third kappa shape index (κ3) is 2.91. The van der Waals surface area contributed by atoms with E-state index in [0.717, 1.165) is 43.9 Å². The topological polar surface area (TPSA) is 58.4 Å². The van der Waals surface area contributed by atoms with Crippen LogP contribution in [0.2, 0.25) is 4.34 Å². The smallest absolute Gasteiger partial charge is 0.276 e. The summed E-state index contributed by atoms with van der Waals surface area (Å²) in [5.41, 5.74) is 0.782. The molecule has 0 aliphatic carbocycles. The number of piperidine rings is 1. The molecule has 2 fully saturated rings. The summed E-state index contributed by atoms with van der Waals surface area (Å²) in [5, 5.41) is 7.39. The van der Waals surface area contributed by atoms with E-state index in [9.17, 15) is 4.79 Å². The van der Waals surface area contributed by atoms with E-state index in [0.29, 0.717) is 21.2 Å². The molecule has 0 aromatic carbocycles. The molecule has 5 nitrogen and oxygen atoms in total. The zero-order valence-electron chi connectivity index (χ0n) is 12.7. The van der Waals surface area contributed by atoms with Crippen LogP contribution in [0.25, 0.3) is 10.6 Å². The van der Waals surface area contributed by atoms with Crippen molar-refractivity contribution >= 4 is 28.8 Å². The van der Waals surface area contributed by atoms with Crippen molar-refractivity contribution in [1.29, 1.82) is 0 Å². The fourth-order valence-electron chi connectivity index (χ4n) is 3.51. The molecule has 1 amide bonds. The van der Waals surface area contributed by atoms with Crippen molar-refractivity contribution in [2.24, 2.45) is 5.41 Å². The number of amides is 1. The Hall–Kier alpha value is -1.37. The van der Waals surface area contributed by atoms with Crippen LogP contribution in [0.4, 0.5) is 0 Å². The second kappa shape index (κ2) is 5.92. The van der Waals surface area contributed by atoms with E-state index >= 15 is 0 Å². The maximum Gasteiger partial charge on any atom is 0.276 e. The molecular formula is C16H18ClN3O2S. The van der Waals surface area contributed by atoms with Gasteiger partial charge in [-0.05, 0) is 43.4 Å². The molecule has 2 aromatic heterocycles. The Morgan fingerprint density at radius 2 is 2.17 bits per heavy atom. The molecule has 0 saturated carbocycles. The second-order valence-corrected chi connectivity index (χ2v) is 8.11. The van der Waals surface area contributed by atoms with Crippen molar-refractivity contribution in [3.8, 4) is 10.6 Å². The maximum absolute atomic E-state index is 12.6. The first-order chi connectivity index (χ1) is 11.2. The van der Waals surface area contributed by atoms with Crippen LogP contribution < -0.4 is 5.32 Å². The van der Waals surface area contributed by atoms with Crippen molar-refractivity contribution in [2.45, 2.75) is 19.3 Å². The van der Waals surface area contributed by atoms with Gasteiger partial charge in [-0.1, -0.05) is 16.8 Å². The number of nitrogens with one attached hydrogen (secondary N) is 1. The van der Waals surface area contributed by atoms with Gasteiger partial charge in [0, 0.05) is 25.7 Å². The van der Waals surface area contributed by atoms with Gasteiger partial charge in [-0.25, -0.2) is 0 Å². The van der Waals surface area contributed by atoms with E-state index in [1.165, 1.54) is 17.8 Å². The van der Waals surface area contributed by atoms with Gasteiger partial charge in [-0.2, -0.15) is 0 Å². The number of halogens is 1. The lowest BCUT2D eigenvalue weighted by Crippen LogP contribution is -2.44. The average Bonchev–Trinajstić information content (AvgIpc) is 3.28. The molecule has 7 heteroatoms. The van der Waals surface area contributed by atoms with Crippen LogP contribution in [0, 0.1) is 5.41 Å². The van der Waals surface area contributed by atoms with Crippen LogP contribution in [-0.2, 0) is 0 Å². The fraction of sp³-hybridized carbons (Fsp3) is 0.500. The van der Waals surface area contributed by atoms with Crippen molar-refractivity contribution < 1.29 is 9.32 Å². The van der Waals surface area contributed by atoms with Crippen LogP contribution in [0.5, 0.6) is 0 Å². The number of hydrogen-bond donors (Lipinski definition) is 1. The highest BCUT2D eigenvalue weighted by molar-refractivity contribution is 7.19.